The van der Waals surface area contributed by atoms with Crippen LogP contribution in [0.15, 0.2) is 0 Å². The molecular weight excluding hydrogens is 252 g/mol. The van der Waals surface area contributed by atoms with E-state index in [1.165, 1.54) is 0 Å². The number of carbonyl (C=O) groups is 2. The first-order chi connectivity index (χ1) is 8.63. The Bertz CT molecular complexity index is 282. The summed E-state index contributed by atoms with van der Waals surface area (Å²) in [6.45, 7) is 2.12. The number of esters is 1. The highest BCUT2D eigenvalue weighted by molar-refractivity contribution is 7.99. The average molecular weight is 274 g/mol. The first-order valence-electron chi connectivity index (χ1n) is 6.42. The Morgan fingerprint density at radius 2 is 2.17 bits per heavy atom. The van der Waals surface area contributed by atoms with Crippen LogP contribution in [0.2, 0.25) is 0 Å². The number of nitrogens with two attached hydrogens (primary N) is 1. The van der Waals surface area contributed by atoms with Crippen LogP contribution in [0.4, 0.5) is 0 Å². The fourth-order valence-corrected chi connectivity index (χ4v) is 2.33. The van der Waals surface area contributed by atoms with Gasteiger partial charge in [-0.2, -0.15) is 11.8 Å². The molecule has 3 N–H and O–H groups in total. The van der Waals surface area contributed by atoms with Crippen molar-refractivity contribution < 1.29 is 14.3 Å². The number of rotatable bonds is 9. The fraction of sp³-hybridized carbons (Fsp3) is 0.833. The van der Waals surface area contributed by atoms with E-state index >= 15 is 0 Å². The van der Waals surface area contributed by atoms with Gasteiger partial charge in [-0.1, -0.05) is 0 Å². The molecule has 6 heteroatoms. The molecule has 1 saturated carbocycles. The number of nitrogens with one attached hydrogen (secondary N) is 1. The van der Waals surface area contributed by atoms with E-state index in [0.29, 0.717) is 25.5 Å². The van der Waals surface area contributed by atoms with Crippen LogP contribution in [-0.2, 0) is 14.3 Å². The van der Waals surface area contributed by atoms with E-state index in [9.17, 15) is 9.59 Å². The summed E-state index contributed by atoms with van der Waals surface area (Å²) in [5.41, 5.74) is 5.65. The van der Waals surface area contributed by atoms with Gasteiger partial charge in [0.2, 0.25) is 5.91 Å². The third kappa shape index (κ3) is 6.86. The van der Waals surface area contributed by atoms with E-state index in [0.717, 1.165) is 24.3 Å². The van der Waals surface area contributed by atoms with Gasteiger partial charge in [0, 0.05) is 18.2 Å². The predicted molar refractivity (Wildman–Crippen MR) is 72.3 cm³/mol. The highest BCUT2D eigenvalue weighted by Gasteiger charge is 2.22. The molecule has 0 saturated heterocycles. The van der Waals surface area contributed by atoms with E-state index in [1.54, 1.807) is 18.7 Å². The SMILES string of the molecule is CCOC(=O)C(N)CCSCCC(=O)NC1CC1. The Morgan fingerprint density at radius 3 is 2.78 bits per heavy atom. The smallest absolute Gasteiger partial charge is 0.322 e. The molecule has 0 radical (unpaired) electrons. The van der Waals surface area contributed by atoms with Crippen LogP contribution < -0.4 is 11.1 Å². The highest BCUT2D eigenvalue weighted by atomic mass is 32.2. The van der Waals surface area contributed by atoms with Crippen LogP contribution in [-0.4, -0.2) is 42.1 Å². The molecule has 1 atom stereocenters. The van der Waals surface area contributed by atoms with Gasteiger partial charge >= 0.3 is 5.97 Å². The second-order valence-corrected chi connectivity index (χ2v) is 5.58. The summed E-state index contributed by atoms with van der Waals surface area (Å²) < 4.78 is 4.81. The minimum absolute atomic E-state index is 0.125. The maximum atomic E-state index is 11.4. The molecule has 0 aromatic carbocycles. The van der Waals surface area contributed by atoms with Crippen LogP contribution in [0, 0.1) is 0 Å². The summed E-state index contributed by atoms with van der Waals surface area (Å²) in [7, 11) is 0. The molecule has 0 bridgehead atoms. The summed E-state index contributed by atoms with van der Waals surface area (Å²) in [6.07, 6.45) is 3.37. The molecule has 0 spiro atoms. The lowest BCUT2D eigenvalue weighted by Crippen LogP contribution is -2.32. The van der Waals surface area contributed by atoms with Gasteiger partial charge < -0.3 is 15.8 Å². The molecule has 0 aromatic heterocycles. The molecule has 0 aromatic rings. The van der Waals surface area contributed by atoms with Gasteiger partial charge in [-0.05, 0) is 31.9 Å². The van der Waals surface area contributed by atoms with Gasteiger partial charge in [0.25, 0.3) is 0 Å². The summed E-state index contributed by atoms with van der Waals surface area (Å²) in [5.74, 6) is 1.33. The number of hydrogen-bond donors (Lipinski definition) is 2. The van der Waals surface area contributed by atoms with E-state index in [4.69, 9.17) is 10.5 Å². The Balaban J connectivity index is 1.93. The van der Waals surface area contributed by atoms with Gasteiger partial charge in [0.15, 0.2) is 0 Å². The Hall–Kier alpha value is -0.750. The Morgan fingerprint density at radius 1 is 1.44 bits per heavy atom. The minimum atomic E-state index is -0.544. The molecule has 1 aliphatic rings. The van der Waals surface area contributed by atoms with Gasteiger partial charge in [0.05, 0.1) is 6.61 Å². The lowest BCUT2D eigenvalue weighted by atomic mass is 10.2. The van der Waals surface area contributed by atoms with Crippen molar-refractivity contribution in [3.8, 4) is 0 Å². The number of ether oxygens (including phenoxy) is 1. The molecule has 18 heavy (non-hydrogen) atoms. The molecule has 5 nitrogen and oxygen atoms in total. The van der Waals surface area contributed by atoms with Crippen LogP contribution in [0.1, 0.15) is 32.6 Å². The maximum absolute atomic E-state index is 11.4. The Kier molecular flexibility index (Phi) is 7.12. The molecular formula is C12H22N2O3S. The standard InChI is InChI=1S/C12H22N2O3S/c1-2-17-12(16)10(13)5-7-18-8-6-11(15)14-9-3-4-9/h9-10H,2-8,13H2,1H3,(H,14,15). The molecule has 1 unspecified atom stereocenters. The first kappa shape index (κ1) is 15.3. The largest absolute Gasteiger partial charge is 0.465 e. The predicted octanol–water partition coefficient (Wildman–Crippen LogP) is 0.669. The lowest BCUT2D eigenvalue weighted by molar-refractivity contribution is -0.144. The van der Waals surface area contributed by atoms with Crippen molar-refractivity contribution in [1.29, 1.82) is 0 Å². The van der Waals surface area contributed by atoms with E-state index < -0.39 is 6.04 Å². The zero-order valence-corrected chi connectivity index (χ0v) is 11.6. The van der Waals surface area contributed by atoms with E-state index in [2.05, 4.69) is 5.32 Å². The number of carbonyl (C=O) groups excluding carboxylic acids is 2. The number of amides is 1. The second-order valence-electron chi connectivity index (χ2n) is 4.35. The molecule has 1 rings (SSSR count). The zero-order valence-electron chi connectivity index (χ0n) is 10.8. The molecule has 1 amide bonds. The van der Waals surface area contributed by atoms with Crippen molar-refractivity contribution in [1.82, 2.24) is 5.32 Å². The quantitative estimate of drug-likeness (QED) is 0.477. The van der Waals surface area contributed by atoms with Crippen LogP contribution in [0.3, 0.4) is 0 Å². The summed E-state index contributed by atoms with van der Waals surface area (Å²) in [5, 5.41) is 2.94. The van der Waals surface area contributed by atoms with E-state index in [-0.39, 0.29) is 11.9 Å². The maximum Gasteiger partial charge on any atom is 0.322 e. The van der Waals surface area contributed by atoms with Crippen LogP contribution >= 0.6 is 11.8 Å². The third-order valence-electron chi connectivity index (χ3n) is 2.58. The van der Waals surface area contributed by atoms with Crippen molar-refractivity contribution in [3.63, 3.8) is 0 Å². The van der Waals surface area contributed by atoms with Crippen LogP contribution in [0.25, 0.3) is 0 Å². The van der Waals surface area contributed by atoms with Crippen molar-refractivity contribution in [2.24, 2.45) is 5.73 Å². The third-order valence-corrected chi connectivity index (χ3v) is 3.60. The van der Waals surface area contributed by atoms with Crippen molar-refractivity contribution in [2.75, 3.05) is 18.1 Å². The van der Waals surface area contributed by atoms with Gasteiger partial charge in [-0.3, -0.25) is 9.59 Å². The van der Waals surface area contributed by atoms with Crippen molar-refractivity contribution in [2.45, 2.75) is 44.7 Å². The molecule has 0 heterocycles. The van der Waals surface area contributed by atoms with E-state index in [1.807, 2.05) is 0 Å². The average Bonchev–Trinajstić information content (AvgIpc) is 3.12. The molecule has 0 aliphatic heterocycles. The second kappa shape index (κ2) is 8.37. The van der Waals surface area contributed by atoms with Crippen LogP contribution in [0.5, 0.6) is 0 Å². The summed E-state index contributed by atoms with van der Waals surface area (Å²) in [4.78, 5) is 22.6. The first-order valence-corrected chi connectivity index (χ1v) is 7.58. The summed E-state index contributed by atoms with van der Waals surface area (Å²) in [6, 6.07) is -0.113. The van der Waals surface area contributed by atoms with Crippen molar-refractivity contribution in [3.05, 3.63) is 0 Å². The van der Waals surface area contributed by atoms with Gasteiger partial charge in [-0.15, -0.1) is 0 Å². The molecule has 1 fully saturated rings. The van der Waals surface area contributed by atoms with Gasteiger partial charge in [0.1, 0.15) is 6.04 Å². The molecule has 1 aliphatic carbocycles. The monoisotopic (exact) mass is 274 g/mol. The highest BCUT2D eigenvalue weighted by Crippen LogP contribution is 2.18. The summed E-state index contributed by atoms with van der Waals surface area (Å²) >= 11 is 1.64. The normalized spacial score (nSPS) is 16.1. The lowest BCUT2D eigenvalue weighted by Gasteiger charge is -2.09. The number of hydrogen-bond acceptors (Lipinski definition) is 5. The van der Waals surface area contributed by atoms with Crippen molar-refractivity contribution >= 4 is 23.6 Å². The number of thioether (sulfide) groups is 1. The van der Waals surface area contributed by atoms with Gasteiger partial charge in [-0.25, -0.2) is 0 Å². The minimum Gasteiger partial charge on any atom is -0.465 e. The topological polar surface area (TPSA) is 81.4 Å². The molecule has 104 valence electrons. The zero-order chi connectivity index (χ0) is 13.4. The Labute approximate surface area is 112 Å². The fourth-order valence-electron chi connectivity index (χ4n) is 1.37.